The Labute approximate surface area is 204 Å². The van der Waals surface area contributed by atoms with E-state index in [2.05, 4.69) is 15.4 Å². The van der Waals surface area contributed by atoms with Gasteiger partial charge in [-0.2, -0.15) is 0 Å². The molecule has 3 aromatic carbocycles. The summed E-state index contributed by atoms with van der Waals surface area (Å²) in [5.41, 5.74) is 3.69. The SMILES string of the molecule is Cc1cccc(C)c1NS(=O)(=O)c1ccc(NC(=S)NC(=O)CCc2ccccc2Cl)cc1. The summed E-state index contributed by atoms with van der Waals surface area (Å²) in [5.74, 6) is -0.246. The molecule has 3 rings (SSSR count). The maximum atomic E-state index is 12.8. The van der Waals surface area contributed by atoms with E-state index in [-0.39, 0.29) is 22.3 Å². The molecule has 3 aromatic rings. The molecule has 0 aliphatic rings. The van der Waals surface area contributed by atoms with Gasteiger partial charge in [-0.05, 0) is 79.5 Å². The molecule has 0 aliphatic heterocycles. The van der Waals surface area contributed by atoms with E-state index >= 15 is 0 Å². The first-order valence-corrected chi connectivity index (χ1v) is 12.5. The smallest absolute Gasteiger partial charge is 0.261 e. The van der Waals surface area contributed by atoms with Gasteiger partial charge >= 0.3 is 0 Å². The number of hydrogen-bond acceptors (Lipinski definition) is 4. The maximum absolute atomic E-state index is 12.8. The minimum Gasteiger partial charge on any atom is -0.332 e. The zero-order valence-corrected chi connectivity index (χ0v) is 20.6. The Morgan fingerprint density at radius 1 is 0.939 bits per heavy atom. The molecule has 0 spiro atoms. The van der Waals surface area contributed by atoms with E-state index in [4.69, 9.17) is 23.8 Å². The second-order valence-corrected chi connectivity index (χ2v) is 9.99. The van der Waals surface area contributed by atoms with Gasteiger partial charge in [0.15, 0.2) is 5.11 Å². The number of halogens is 1. The first-order chi connectivity index (χ1) is 15.7. The number of carbonyl (C=O) groups is 1. The van der Waals surface area contributed by atoms with Crippen LogP contribution >= 0.6 is 23.8 Å². The highest BCUT2D eigenvalue weighted by atomic mass is 35.5. The largest absolute Gasteiger partial charge is 0.332 e. The number of nitrogens with one attached hydrogen (secondary N) is 3. The molecule has 6 nitrogen and oxygen atoms in total. The quantitative estimate of drug-likeness (QED) is 0.387. The van der Waals surface area contributed by atoms with Gasteiger partial charge in [-0.15, -0.1) is 0 Å². The normalized spacial score (nSPS) is 11.0. The number of rotatable bonds is 7. The number of hydrogen-bond donors (Lipinski definition) is 3. The van der Waals surface area contributed by atoms with Crippen LogP contribution in [0, 0.1) is 13.8 Å². The molecular formula is C24H24ClN3O3S2. The molecule has 0 radical (unpaired) electrons. The van der Waals surface area contributed by atoms with Crippen LogP contribution in [0.5, 0.6) is 0 Å². The first-order valence-electron chi connectivity index (χ1n) is 10.2. The van der Waals surface area contributed by atoms with Crippen LogP contribution in [0.15, 0.2) is 71.6 Å². The molecule has 172 valence electrons. The van der Waals surface area contributed by atoms with Crippen LogP contribution in [0.25, 0.3) is 0 Å². The van der Waals surface area contributed by atoms with Crippen molar-refractivity contribution in [2.24, 2.45) is 0 Å². The summed E-state index contributed by atoms with van der Waals surface area (Å²) in [4.78, 5) is 12.3. The Balaban J connectivity index is 1.57. The van der Waals surface area contributed by atoms with Gasteiger partial charge in [-0.1, -0.05) is 48.0 Å². The van der Waals surface area contributed by atoms with Crippen molar-refractivity contribution in [3.63, 3.8) is 0 Å². The maximum Gasteiger partial charge on any atom is 0.261 e. The predicted molar refractivity (Wildman–Crippen MR) is 137 cm³/mol. The summed E-state index contributed by atoms with van der Waals surface area (Å²) in [6.45, 7) is 3.70. The summed E-state index contributed by atoms with van der Waals surface area (Å²) >= 11 is 11.3. The zero-order valence-electron chi connectivity index (χ0n) is 18.2. The number of amides is 1. The Morgan fingerprint density at radius 3 is 2.21 bits per heavy atom. The molecule has 0 atom stereocenters. The van der Waals surface area contributed by atoms with Crippen LogP contribution in [-0.4, -0.2) is 19.4 Å². The van der Waals surface area contributed by atoms with Crippen LogP contribution in [0.1, 0.15) is 23.1 Å². The summed E-state index contributed by atoms with van der Waals surface area (Å²) in [6.07, 6.45) is 0.723. The summed E-state index contributed by atoms with van der Waals surface area (Å²) in [5, 5.41) is 6.25. The molecule has 3 N–H and O–H groups in total. The molecule has 0 heterocycles. The van der Waals surface area contributed by atoms with Crippen molar-refractivity contribution in [1.82, 2.24) is 5.32 Å². The molecule has 0 saturated carbocycles. The Morgan fingerprint density at radius 2 is 1.58 bits per heavy atom. The second kappa shape index (κ2) is 10.8. The number of aryl methyl sites for hydroxylation is 3. The van der Waals surface area contributed by atoms with Crippen molar-refractivity contribution < 1.29 is 13.2 Å². The number of carbonyl (C=O) groups excluding carboxylic acids is 1. The third-order valence-corrected chi connectivity index (χ3v) is 6.91. The highest BCUT2D eigenvalue weighted by Gasteiger charge is 2.16. The highest BCUT2D eigenvalue weighted by molar-refractivity contribution is 7.92. The lowest BCUT2D eigenvalue weighted by atomic mass is 10.1. The molecule has 0 fully saturated rings. The summed E-state index contributed by atoms with van der Waals surface area (Å²) < 4.78 is 28.2. The van der Waals surface area contributed by atoms with Gasteiger partial charge < -0.3 is 10.6 Å². The van der Waals surface area contributed by atoms with Gasteiger partial charge in [0.1, 0.15) is 0 Å². The van der Waals surface area contributed by atoms with Crippen molar-refractivity contribution in [1.29, 1.82) is 0 Å². The Kier molecular flexibility index (Phi) is 8.07. The van der Waals surface area contributed by atoms with Crippen molar-refractivity contribution in [2.45, 2.75) is 31.6 Å². The van der Waals surface area contributed by atoms with Gasteiger partial charge in [0.05, 0.1) is 10.6 Å². The molecule has 33 heavy (non-hydrogen) atoms. The van der Waals surface area contributed by atoms with E-state index in [0.29, 0.717) is 22.8 Å². The average molecular weight is 502 g/mol. The number of para-hydroxylation sites is 1. The number of thiocarbonyl (C=S) groups is 1. The van der Waals surface area contributed by atoms with E-state index in [9.17, 15) is 13.2 Å². The number of benzene rings is 3. The zero-order chi connectivity index (χ0) is 24.0. The summed E-state index contributed by atoms with van der Waals surface area (Å²) in [6, 6.07) is 19.0. The van der Waals surface area contributed by atoms with Gasteiger partial charge in [0.25, 0.3) is 10.0 Å². The fourth-order valence-electron chi connectivity index (χ4n) is 3.19. The molecule has 9 heteroatoms. The fraction of sp³-hybridized carbons (Fsp3) is 0.167. The van der Waals surface area contributed by atoms with E-state index in [1.807, 2.05) is 50.2 Å². The lowest BCUT2D eigenvalue weighted by Gasteiger charge is -2.14. The van der Waals surface area contributed by atoms with Crippen LogP contribution < -0.4 is 15.4 Å². The first kappa shape index (κ1) is 24.7. The number of anilines is 2. The highest BCUT2D eigenvalue weighted by Crippen LogP contribution is 2.24. The minimum absolute atomic E-state index is 0.116. The van der Waals surface area contributed by atoms with E-state index < -0.39 is 10.0 Å². The van der Waals surface area contributed by atoms with Crippen LogP contribution in [-0.2, 0) is 21.2 Å². The van der Waals surface area contributed by atoms with E-state index in [0.717, 1.165) is 16.7 Å². The predicted octanol–water partition coefficient (Wildman–Crippen LogP) is 5.20. The lowest BCUT2D eigenvalue weighted by Crippen LogP contribution is -2.34. The average Bonchev–Trinajstić information content (AvgIpc) is 2.76. The monoisotopic (exact) mass is 501 g/mol. The topological polar surface area (TPSA) is 87.3 Å². The van der Waals surface area contributed by atoms with Gasteiger partial charge in [-0.25, -0.2) is 8.42 Å². The van der Waals surface area contributed by atoms with Crippen molar-refractivity contribution in [3.8, 4) is 0 Å². The molecule has 0 aliphatic carbocycles. The van der Waals surface area contributed by atoms with E-state index in [1.165, 1.54) is 12.1 Å². The Bertz CT molecular complexity index is 1260. The molecule has 0 unspecified atom stereocenters. The van der Waals surface area contributed by atoms with Gasteiger partial charge in [0.2, 0.25) is 5.91 Å². The molecular weight excluding hydrogens is 478 g/mol. The summed E-state index contributed by atoms with van der Waals surface area (Å²) in [7, 11) is -3.75. The van der Waals surface area contributed by atoms with Crippen molar-refractivity contribution in [3.05, 3.63) is 88.4 Å². The lowest BCUT2D eigenvalue weighted by molar-refractivity contribution is -0.119. The molecule has 0 saturated heterocycles. The van der Waals surface area contributed by atoms with Crippen molar-refractivity contribution in [2.75, 3.05) is 10.0 Å². The third-order valence-electron chi connectivity index (χ3n) is 4.97. The van der Waals surface area contributed by atoms with Crippen molar-refractivity contribution >= 4 is 56.2 Å². The number of sulfonamides is 1. The molecule has 1 amide bonds. The fourth-order valence-corrected chi connectivity index (χ4v) is 4.85. The van der Waals surface area contributed by atoms with Crippen LogP contribution in [0.4, 0.5) is 11.4 Å². The molecule has 0 aromatic heterocycles. The van der Waals surface area contributed by atoms with Gasteiger partial charge in [0, 0.05) is 17.1 Å². The van der Waals surface area contributed by atoms with E-state index in [1.54, 1.807) is 18.2 Å². The third kappa shape index (κ3) is 6.77. The minimum atomic E-state index is -3.75. The van der Waals surface area contributed by atoms with Crippen LogP contribution in [0.3, 0.4) is 0 Å². The molecule has 0 bridgehead atoms. The van der Waals surface area contributed by atoms with Gasteiger partial charge in [-0.3, -0.25) is 9.52 Å². The van der Waals surface area contributed by atoms with Crippen LogP contribution in [0.2, 0.25) is 5.02 Å². The Hall–Kier alpha value is -2.94. The standard InChI is InChI=1S/C24H24ClN3O3S2/c1-16-6-5-7-17(2)23(16)28-33(30,31)20-13-11-19(12-14-20)26-24(32)27-22(29)15-10-18-8-3-4-9-21(18)25/h3-9,11-14,28H,10,15H2,1-2H3,(H2,26,27,29,32). The second-order valence-electron chi connectivity index (χ2n) is 7.49.